The van der Waals surface area contributed by atoms with Crippen LogP contribution in [0.15, 0.2) is 36.7 Å². The molecule has 3 rings (SSSR count). The Morgan fingerprint density at radius 1 is 1.28 bits per heavy atom. The molecule has 0 aliphatic carbocycles. The molecular weight excluding hydrogens is 381 g/mol. The van der Waals surface area contributed by atoms with Gasteiger partial charge < -0.3 is 15.2 Å². The lowest BCUT2D eigenvalue weighted by atomic mass is 10.1. The van der Waals surface area contributed by atoms with E-state index < -0.39 is 11.9 Å². The summed E-state index contributed by atoms with van der Waals surface area (Å²) in [5, 5.41) is 20.8. The maximum Gasteiger partial charge on any atom is 0.325 e. The number of carbonyl (C=O) groups is 2. The van der Waals surface area contributed by atoms with Gasteiger partial charge in [0.05, 0.1) is 18.5 Å². The molecule has 0 fully saturated rings. The van der Waals surface area contributed by atoms with Crippen LogP contribution in [0.2, 0.25) is 0 Å². The molecule has 150 valence electrons. The van der Waals surface area contributed by atoms with Gasteiger partial charge in [0.25, 0.3) is 5.91 Å². The fourth-order valence-electron chi connectivity index (χ4n) is 2.57. The second-order valence-electron chi connectivity index (χ2n) is 6.01. The van der Waals surface area contributed by atoms with Crippen molar-refractivity contribution in [1.29, 1.82) is 0 Å². The van der Waals surface area contributed by atoms with Crippen molar-refractivity contribution >= 4 is 11.9 Å². The Morgan fingerprint density at radius 3 is 2.69 bits per heavy atom. The SMILES string of the molecule is CCOC(=O)CNC(=O)c1ncc(-c2cn(-c3ccc(F)cc3)nn2)c(C)c1O. The van der Waals surface area contributed by atoms with E-state index in [1.165, 1.54) is 23.0 Å². The van der Waals surface area contributed by atoms with Gasteiger partial charge in [-0.2, -0.15) is 0 Å². The maximum absolute atomic E-state index is 13.1. The van der Waals surface area contributed by atoms with E-state index in [1.54, 1.807) is 32.2 Å². The average Bonchev–Trinajstić information content (AvgIpc) is 3.19. The summed E-state index contributed by atoms with van der Waals surface area (Å²) in [6.07, 6.45) is 2.98. The molecule has 0 radical (unpaired) electrons. The number of ether oxygens (including phenoxy) is 1. The number of rotatable bonds is 6. The monoisotopic (exact) mass is 399 g/mol. The van der Waals surface area contributed by atoms with E-state index in [2.05, 4.69) is 20.6 Å². The lowest BCUT2D eigenvalue weighted by Crippen LogP contribution is -2.31. The highest BCUT2D eigenvalue weighted by molar-refractivity contribution is 5.97. The zero-order chi connectivity index (χ0) is 21.0. The number of pyridine rings is 1. The van der Waals surface area contributed by atoms with Crippen molar-refractivity contribution in [3.63, 3.8) is 0 Å². The largest absolute Gasteiger partial charge is 0.505 e. The van der Waals surface area contributed by atoms with Crippen molar-refractivity contribution in [2.24, 2.45) is 0 Å². The Kier molecular flexibility index (Phi) is 5.82. The number of nitrogens with zero attached hydrogens (tertiary/aromatic N) is 4. The summed E-state index contributed by atoms with van der Waals surface area (Å²) in [7, 11) is 0. The zero-order valence-electron chi connectivity index (χ0n) is 15.7. The maximum atomic E-state index is 13.1. The number of aromatic hydroxyl groups is 1. The first kappa shape index (κ1) is 19.9. The molecule has 2 N–H and O–H groups in total. The van der Waals surface area contributed by atoms with Gasteiger partial charge >= 0.3 is 5.97 Å². The van der Waals surface area contributed by atoms with Crippen LogP contribution < -0.4 is 5.32 Å². The van der Waals surface area contributed by atoms with Crippen LogP contribution in [0.1, 0.15) is 23.0 Å². The van der Waals surface area contributed by atoms with Crippen molar-refractivity contribution in [2.75, 3.05) is 13.2 Å². The van der Waals surface area contributed by atoms with Gasteiger partial charge in [-0.3, -0.25) is 9.59 Å². The minimum absolute atomic E-state index is 0.199. The predicted octanol–water partition coefficient (Wildman–Crippen LogP) is 1.78. The van der Waals surface area contributed by atoms with E-state index in [4.69, 9.17) is 4.74 Å². The topological polar surface area (TPSA) is 119 Å². The van der Waals surface area contributed by atoms with E-state index in [-0.39, 0.29) is 30.4 Å². The first-order chi connectivity index (χ1) is 13.9. The molecule has 2 aromatic heterocycles. The molecule has 9 nitrogen and oxygen atoms in total. The van der Waals surface area contributed by atoms with Gasteiger partial charge in [-0.05, 0) is 38.1 Å². The Bertz CT molecular complexity index is 1050. The smallest absolute Gasteiger partial charge is 0.325 e. The van der Waals surface area contributed by atoms with Crippen LogP contribution in [0.3, 0.4) is 0 Å². The summed E-state index contributed by atoms with van der Waals surface area (Å²) in [6, 6.07) is 5.71. The molecule has 0 aliphatic rings. The van der Waals surface area contributed by atoms with Gasteiger partial charge in [-0.15, -0.1) is 5.10 Å². The Morgan fingerprint density at radius 2 is 2.00 bits per heavy atom. The first-order valence-corrected chi connectivity index (χ1v) is 8.71. The van der Waals surface area contributed by atoms with Crippen LogP contribution in [-0.4, -0.2) is 50.1 Å². The molecule has 1 aromatic carbocycles. The molecule has 0 spiro atoms. The normalized spacial score (nSPS) is 10.6. The standard InChI is InChI=1S/C19H18FN5O4/c1-3-29-16(26)9-22-19(28)17-18(27)11(2)14(8-21-17)15-10-25(24-23-15)13-6-4-12(20)5-7-13/h4-8,10,27H,3,9H2,1-2H3,(H,22,28). The Hall–Kier alpha value is -3.82. The number of nitrogens with one attached hydrogen (secondary N) is 1. The third-order valence-corrected chi connectivity index (χ3v) is 4.08. The summed E-state index contributed by atoms with van der Waals surface area (Å²) in [4.78, 5) is 27.5. The molecule has 0 saturated carbocycles. The summed E-state index contributed by atoms with van der Waals surface area (Å²) in [6.45, 7) is 3.12. The van der Waals surface area contributed by atoms with Gasteiger partial charge in [0, 0.05) is 17.3 Å². The number of benzene rings is 1. The lowest BCUT2D eigenvalue weighted by Gasteiger charge is -2.10. The second kappa shape index (κ2) is 8.46. The molecule has 0 bridgehead atoms. The van der Waals surface area contributed by atoms with E-state index in [0.717, 1.165) is 0 Å². The van der Waals surface area contributed by atoms with Crippen LogP contribution in [-0.2, 0) is 9.53 Å². The molecule has 0 atom stereocenters. The number of esters is 1. The van der Waals surface area contributed by atoms with Gasteiger partial charge in [-0.1, -0.05) is 5.21 Å². The fourth-order valence-corrected chi connectivity index (χ4v) is 2.57. The van der Waals surface area contributed by atoms with Crippen molar-refractivity contribution in [3.8, 4) is 22.7 Å². The number of hydrogen-bond donors (Lipinski definition) is 2. The van der Waals surface area contributed by atoms with Gasteiger partial charge in [0.1, 0.15) is 18.1 Å². The molecule has 10 heteroatoms. The van der Waals surface area contributed by atoms with Gasteiger partial charge in [-0.25, -0.2) is 14.1 Å². The second-order valence-corrected chi connectivity index (χ2v) is 6.01. The molecule has 2 heterocycles. The fraction of sp³-hybridized carbons (Fsp3) is 0.211. The molecule has 0 saturated heterocycles. The van der Waals surface area contributed by atoms with Crippen LogP contribution in [0, 0.1) is 12.7 Å². The van der Waals surface area contributed by atoms with Gasteiger partial charge in [0.15, 0.2) is 11.4 Å². The minimum atomic E-state index is -0.708. The van der Waals surface area contributed by atoms with Crippen LogP contribution in [0.25, 0.3) is 16.9 Å². The third kappa shape index (κ3) is 4.37. The van der Waals surface area contributed by atoms with Gasteiger partial charge in [0.2, 0.25) is 0 Å². The van der Waals surface area contributed by atoms with Crippen LogP contribution >= 0.6 is 0 Å². The number of halogens is 1. The number of aromatic nitrogens is 4. The van der Waals surface area contributed by atoms with Crippen molar-refractivity contribution in [3.05, 3.63) is 53.7 Å². The van der Waals surface area contributed by atoms with Crippen molar-refractivity contribution in [2.45, 2.75) is 13.8 Å². The molecule has 3 aromatic rings. The Balaban J connectivity index is 1.82. The van der Waals surface area contributed by atoms with E-state index in [1.807, 2.05) is 0 Å². The average molecular weight is 399 g/mol. The van der Waals surface area contributed by atoms with Crippen LogP contribution in [0.4, 0.5) is 4.39 Å². The van der Waals surface area contributed by atoms with E-state index >= 15 is 0 Å². The third-order valence-electron chi connectivity index (χ3n) is 4.08. The quantitative estimate of drug-likeness (QED) is 0.606. The highest BCUT2D eigenvalue weighted by atomic mass is 19.1. The number of amides is 1. The zero-order valence-corrected chi connectivity index (χ0v) is 15.7. The van der Waals surface area contributed by atoms with E-state index in [0.29, 0.717) is 22.5 Å². The first-order valence-electron chi connectivity index (χ1n) is 8.71. The molecular formula is C19H18FN5O4. The lowest BCUT2D eigenvalue weighted by molar-refractivity contribution is -0.141. The highest BCUT2D eigenvalue weighted by Gasteiger charge is 2.20. The molecule has 0 aliphatic heterocycles. The predicted molar refractivity (Wildman–Crippen MR) is 99.9 cm³/mol. The molecule has 1 amide bonds. The van der Waals surface area contributed by atoms with Crippen molar-refractivity contribution < 1.29 is 23.8 Å². The summed E-state index contributed by atoms with van der Waals surface area (Å²) in [5.74, 6) is -2.00. The summed E-state index contributed by atoms with van der Waals surface area (Å²) < 4.78 is 19.2. The highest BCUT2D eigenvalue weighted by Crippen LogP contribution is 2.29. The summed E-state index contributed by atoms with van der Waals surface area (Å²) in [5.41, 5.74) is 1.63. The summed E-state index contributed by atoms with van der Waals surface area (Å²) >= 11 is 0. The van der Waals surface area contributed by atoms with Crippen LogP contribution in [0.5, 0.6) is 5.75 Å². The van der Waals surface area contributed by atoms with Crippen molar-refractivity contribution in [1.82, 2.24) is 25.3 Å². The number of carbonyl (C=O) groups excluding carboxylic acids is 2. The Labute approximate surface area is 165 Å². The number of hydrogen-bond acceptors (Lipinski definition) is 7. The molecule has 0 unspecified atom stereocenters. The molecule has 29 heavy (non-hydrogen) atoms. The van der Waals surface area contributed by atoms with E-state index in [9.17, 15) is 19.1 Å². The minimum Gasteiger partial charge on any atom is -0.505 e.